The van der Waals surface area contributed by atoms with E-state index in [1.807, 2.05) is 41.3 Å². The number of unbranched alkanes of at least 4 members (excludes halogenated alkanes) is 1. The Hall–Kier alpha value is -2.70. The molecule has 0 aliphatic carbocycles. The van der Waals surface area contributed by atoms with Crippen molar-refractivity contribution in [2.45, 2.75) is 78.2 Å². The molecule has 38 heavy (non-hydrogen) atoms. The summed E-state index contributed by atoms with van der Waals surface area (Å²) < 4.78 is 5.43. The highest BCUT2D eigenvalue weighted by Crippen LogP contribution is 2.23. The van der Waals surface area contributed by atoms with Crippen molar-refractivity contribution in [1.29, 1.82) is 0 Å². The molecular formula is C32H47N3O3. The number of amides is 2. The van der Waals surface area contributed by atoms with E-state index in [1.165, 1.54) is 11.1 Å². The number of ether oxygens (including phenoxy) is 1. The third-order valence-corrected chi connectivity index (χ3v) is 7.31. The number of nitrogens with zero attached hydrogens (tertiary/aromatic N) is 2. The van der Waals surface area contributed by atoms with E-state index in [0.29, 0.717) is 37.8 Å². The Bertz CT molecular complexity index is 1030. The van der Waals surface area contributed by atoms with Crippen LogP contribution in [0, 0.1) is 0 Å². The molecule has 1 fully saturated rings. The van der Waals surface area contributed by atoms with Crippen LogP contribution in [0.5, 0.6) is 0 Å². The van der Waals surface area contributed by atoms with Gasteiger partial charge < -0.3 is 19.9 Å². The van der Waals surface area contributed by atoms with E-state index in [0.717, 1.165) is 51.0 Å². The van der Waals surface area contributed by atoms with Crippen molar-refractivity contribution in [3.63, 3.8) is 0 Å². The first kappa shape index (κ1) is 29.9. The maximum absolute atomic E-state index is 12.9. The van der Waals surface area contributed by atoms with Gasteiger partial charge in [-0.25, -0.2) is 0 Å². The Morgan fingerprint density at radius 3 is 2.55 bits per heavy atom. The fourth-order valence-corrected chi connectivity index (χ4v) is 4.98. The van der Waals surface area contributed by atoms with Gasteiger partial charge in [0.25, 0.3) is 5.91 Å². The smallest absolute Gasteiger partial charge is 0.255 e. The third kappa shape index (κ3) is 9.25. The van der Waals surface area contributed by atoms with Gasteiger partial charge in [-0.15, -0.1) is 0 Å². The van der Waals surface area contributed by atoms with Gasteiger partial charge in [0.1, 0.15) is 0 Å². The lowest BCUT2D eigenvalue weighted by Gasteiger charge is -2.29. The van der Waals surface area contributed by atoms with Crippen molar-refractivity contribution in [3.05, 3.63) is 65.2 Å². The zero-order valence-corrected chi connectivity index (χ0v) is 24.1. The molecule has 1 heterocycles. The molecule has 208 valence electrons. The molecule has 1 aliphatic heterocycles. The molecule has 0 radical (unpaired) electrons. The number of benzene rings is 2. The summed E-state index contributed by atoms with van der Waals surface area (Å²) in [5.41, 5.74) is 3.99. The van der Waals surface area contributed by atoms with E-state index < -0.39 is 0 Å². The van der Waals surface area contributed by atoms with Crippen LogP contribution in [0.1, 0.15) is 81.8 Å². The number of carbonyl (C=O) groups excluding carboxylic acids is 2. The van der Waals surface area contributed by atoms with Gasteiger partial charge in [-0.3, -0.25) is 9.59 Å². The van der Waals surface area contributed by atoms with E-state index in [1.54, 1.807) is 0 Å². The number of hydrogen-bond donors (Lipinski definition) is 1. The normalized spacial score (nSPS) is 15.4. The first-order chi connectivity index (χ1) is 18.2. The predicted octanol–water partition coefficient (Wildman–Crippen LogP) is 5.91. The Kier molecular flexibility index (Phi) is 11.4. The summed E-state index contributed by atoms with van der Waals surface area (Å²) in [6, 6.07) is 16.5. The van der Waals surface area contributed by atoms with E-state index in [-0.39, 0.29) is 17.2 Å². The number of hydrogen-bond acceptors (Lipinski definition) is 4. The predicted molar refractivity (Wildman–Crippen MR) is 156 cm³/mol. The molecule has 1 atom stereocenters. The Morgan fingerprint density at radius 1 is 1.08 bits per heavy atom. The molecule has 1 saturated heterocycles. The maximum Gasteiger partial charge on any atom is 0.255 e. The SMILES string of the molecule is CCCN(CCCCN1CCOCCC1=O)C(C)Cc1cccc(NC(=O)c2ccc(C(C)(C)C)cc2)c1. The van der Waals surface area contributed by atoms with Crippen molar-refractivity contribution in [3.8, 4) is 0 Å². The van der Waals surface area contributed by atoms with E-state index in [4.69, 9.17) is 4.74 Å². The molecule has 0 bridgehead atoms. The molecule has 1 aliphatic rings. The van der Waals surface area contributed by atoms with Gasteiger partial charge in [0, 0.05) is 30.4 Å². The van der Waals surface area contributed by atoms with Crippen LogP contribution < -0.4 is 5.32 Å². The van der Waals surface area contributed by atoms with E-state index in [2.05, 4.69) is 57.0 Å². The number of carbonyl (C=O) groups is 2. The number of rotatable bonds is 12. The molecule has 2 aromatic carbocycles. The van der Waals surface area contributed by atoms with E-state index >= 15 is 0 Å². The minimum atomic E-state index is -0.0854. The summed E-state index contributed by atoms with van der Waals surface area (Å²) in [4.78, 5) is 29.6. The van der Waals surface area contributed by atoms with Crippen LogP contribution >= 0.6 is 0 Å². The molecule has 0 saturated carbocycles. The highest BCUT2D eigenvalue weighted by Gasteiger charge is 2.18. The summed E-state index contributed by atoms with van der Waals surface area (Å²) in [5, 5.41) is 3.07. The maximum atomic E-state index is 12.9. The monoisotopic (exact) mass is 521 g/mol. The molecule has 1 unspecified atom stereocenters. The lowest BCUT2D eigenvalue weighted by atomic mass is 9.87. The first-order valence-electron chi connectivity index (χ1n) is 14.3. The van der Waals surface area contributed by atoms with Crippen LogP contribution in [-0.2, 0) is 21.4 Å². The zero-order valence-electron chi connectivity index (χ0n) is 24.1. The van der Waals surface area contributed by atoms with Crippen molar-refractivity contribution in [2.24, 2.45) is 0 Å². The lowest BCUT2D eigenvalue weighted by molar-refractivity contribution is -0.130. The van der Waals surface area contributed by atoms with Gasteiger partial charge in [0.2, 0.25) is 5.91 Å². The summed E-state index contributed by atoms with van der Waals surface area (Å²) in [5.74, 6) is 0.132. The highest BCUT2D eigenvalue weighted by atomic mass is 16.5. The average Bonchev–Trinajstić information content (AvgIpc) is 3.09. The molecule has 6 heteroatoms. The lowest BCUT2D eigenvalue weighted by Crippen LogP contribution is -2.37. The van der Waals surface area contributed by atoms with E-state index in [9.17, 15) is 9.59 Å². The summed E-state index contributed by atoms with van der Waals surface area (Å²) in [6.07, 6.45) is 4.61. The summed E-state index contributed by atoms with van der Waals surface area (Å²) in [6.45, 7) is 15.8. The first-order valence-corrected chi connectivity index (χ1v) is 14.3. The fourth-order valence-electron chi connectivity index (χ4n) is 4.98. The Balaban J connectivity index is 1.52. The number of nitrogens with one attached hydrogen (secondary N) is 1. The largest absolute Gasteiger partial charge is 0.379 e. The van der Waals surface area contributed by atoms with Crippen molar-refractivity contribution in [1.82, 2.24) is 9.80 Å². The standard InChI is InChI=1S/C32H47N3O3/c1-6-17-34(18-7-8-19-35-20-22-38-21-16-30(35)36)25(2)23-26-10-9-11-29(24-26)33-31(37)27-12-14-28(15-13-27)32(3,4)5/h9-15,24-25H,6-8,16-23H2,1-5H3,(H,33,37). The Morgan fingerprint density at radius 2 is 1.84 bits per heavy atom. The fraction of sp³-hybridized carbons (Fsp3) is 0.562. The van der Waals surface area contributed by atoms with Gasteiger partial charge >= 0.3 is 0 Å². The minimum absolute atomic E-state index is 0.0624. The van der Waals surface area contributed by atoms with Gasteiger partial charge in [-0.05, 0) is 86.5 Å². The summed E-state index contributed by atoms with van der Waals surface area (Å²) >= 11 is 0. The van der Waals surface area contributed by atoms with Crippen LogP contribution in [0.2, 0.25) is 0 Å². The quantitative estimate of drug-likeness (QED) is 0.353. The third-order valence-electron chi connectivity index (χ3n) is 7.31. The van der Waals surface area contributed by atoms with Crippen molar-refractivity contribution < 1.29 is 14.3 Å². The van der Waals surface area contributed by atoms with Crippen LogP contribution in [0.25, 0.3) is 0 Å². The van der Waals surface area contributed by atoms with Gasteiger partial charge in [-0.2, -0.15) is 0 Å². The van der Waals surface area contributed by atoms with Gasteiger partial charge in [-0.1, -0.05) is 52.0 Å². The average molecular weight is 522 g/mol. The minimum Gasteiger partial charge on any atom is -0.379 e. The van der Waals surface area contributed by atoms with Crippen LogP contribution in [0.4, 0.5) is 5.69 Å². The van der Waals surface area contributed by atoms with Crippen molar-refractivity contribution in [2.75, 3.05) is 44.7 Å². The van der Waals surface area contributed by atoms with Gasteiger partial charge in [0.15, 0.2) is 0 Å². The molecule has 3 rings (SSSR count). The molecule has 1 N–H and O–H groups in total. The van der Waals surface area contributed by atoms with Crippen molar-refractivity contribution >= 4 is 17.5 Å². The van der Waals surface area contributed by atoms with Gasteiger partial charge in [0.05, 0.1) is 19.6 Å². The molecular weight excluding hydrogens is 474 g/mol. The second kappa shape index (κ2) is 14.5. The second-order valence-electron chi connectivity index (χ2n) is 11.5. The number of anilines is 1. The van der Waals surface area contributed by atoms with Crippen LogP contribution in [0.15, 0.2) is 48.5 Å². The van der Waals surface area contributed by atoms with Crippen LogP contribution in [0.3, 0.4) is 0 Å². The molecule has 0 aromatic heterocycles. The molecule has 0 spiro atoms. The summed E-state index contributed by atoms with van der Waals surface area (Å²) in [7, 11) is 0. The zero-order chi connectivity index (χ0) is 27.5. The molecule has 2 aromatic rings. The molecule has 2 amide bonds. The van der Waals surface area contributed by atoms with Crippen LogP contribution in [-0.4, -0.2) is 67.0 Å². The molecule has 6 nitrogen and oxygen atoms in total. The Labute approximate surface area is 229 Å². The topological polar surface area (TPSA) is 61.9 Å². The second-order valence-corrected chi connectivity index (χ2v) is 11.5. The highest BCUT2D eigenvalue weighted by molar-refractivity contribution is 6.04.